The first-order chi connectivity index (χ1) is 7.79. The molecule has 4 heteroatoms. The van der Waals surface area contributed by atoms with Crippen LogP contribution in [0, 0.1) is 0 Å². The zero-order valence-corrected chi connectivity index (χ0v) is 11.1. The Labute approximate surface area is 105 Å². The Morgan fingerprint density at radius 3 is 2.94 bits per heavy atom. The Morgan fingerprint density at radius 1 is 1.44 bits per heavy atom. The molecule has 1 aromatic carbocycles. The lowest BCUT2D eigenvalue weighted by Gasteiger charge is -2.13. The van der Waals surface area contributed by atoms with Crippen LogP contribution in [-0.4, -0.2) is 24.9 Å². The van der Waals surface area contributed by atoms with Gasteiger partial charge in [0.05, 0.1) is 11.1 Å². The Morgan fingerprint density at radius 2 is 2.25 bits per heavy atom. The van der Waals surface area contributed by atoms with Crippen LogP contribution >= 0.6 is 15.9 Å². The number of halogens is 1. The fourth-order valence-corrected chi connectivity index (χ4v) is 1.87. The molecule has 0 heterocycles. The van der Waals surface area contributed by atoms with Gasteiger partial charge in [0.2, 0.25) is 0 Å². The van der Waals surface area contributed by atoms with Crippen LogP contribution in [0.3, 0.4) is 0 Å². The predicted octanol–water partition coefficient (Wildman–Crippen LogP) is 2.32. The number of hydrogen-bond acceptors (Lipinski definition) is 3. The Kier molecular flexibility index (Phi) is 6.45. The van der Waals surface area contributed by atoms with Crippen molar-refractivity contribution in [3.05, 3.63) is 28.2 Å². The molecule has 0 spiro atoms. The smallest absolute Gasteiger partial charge is 0.137 e. The molecule has 16 heavy (non-hydrogen) atoms. The molecular weight excluding hydrogens is 270 g/mol. The zero-order valence-electron chi connectivity index (χ0n) is 9.50. The first kappa shape index (κ1) is 13.5. The molecule has 0 aliphatic heterocycles. The molecule has 3 nitrogen and oxygen atoms in total. The molecule has 0 saturated carbocycles. The molecule has 0 bridgehead atoms. The van der Waals surface area contributed by atoms with Crippen LogP contribution < -0.4 is 10.1 Å². The Balaban J connectivity index is 2.69. The van der Waals surface area contributed by atoms with Gasteiger partial charge in [-0.15, -0.1) is 0 Å². The minimum Gasteiger partial charge on any atom is -0.492 e. The molecule has 0 fully saturated rings. The van der Waals surface area contributed by atoms with Crippen molar-refractivity contribution in [1.82, 2.24) is 5.32 Å². The highest BCUT2D eigenvalue weighted by Gasteiger charge is 2.07. The summed E-state index contributed by atoms with van der Waals surface area (Å²) in [7, 11) is 0. The molecule has 0 radical (unpaired) electrons. The van der Waals surface area contributed by atoms with Gasteiger partial charge in [-0.05, 0) is 28.5 Å². The summed E-state index contributed by atoms with van der Waals surface area (Å²) < 4.78 is 6.62. The molecule has 0 unspecified atom stereocenters. The monoisotopic (exact) mass is 287 g/mol. The van der Waals surface area contributed by atoms with Gasteiger partial charge in [0.15, 0.2) is 0 Å². The first-order valence-corrected chi connectivity index (χ1v) is 6.30. The Bertz CT molecular complexity index is 318. The first-order valence-electron chi connectivity index (χ1n) is 5.51. The summed E-state index contributed by atoms with van der Waals surface area (Å²) in [4.78, 5) is 0. The van der Waals surface area contributed by atoms with Crippen LogP contribution in [0.5, 0.6) is 5.75 Å². The van der Waals surface area contributed by atoms with Crippen molar-refractivity contribution in [3.8, 4) is 5.75 Å². The predicted molar refractivity (Wildman–Crippen MR) is 68.7 cm³/mol. The number of rotatable bonds is 7. The van der Waals surface area contributed by atoms with E-state index in [2.05, 4.69) is 28.2 Å². The number of hydrogen-bond donors (Lipinski definition) is 2. The summed E-state index contributed by atoms with van der Waals surface area (Å²) >= 11 is 3.48. The van der Waals surface area contributed by atoms with E-state index in [9.17, 15) is 0 Å². The number of ether oxygens (including phenoxy) is 1. The van der Waals surface area contributed by atoms with Gasteiger partial charge in [0, 0.05) is 25.1 Å². The molecular formula is C12H18BrNO2. The second-order valence-electron chi connectivity index (χ2n) is 3.43. The van der Waals surface area contributed by atoms with Gasteiger partial charge in [0.1, 0.15) is 5.75 Å². The minimum atomic E-state index is 0.160. The van der Waals surface area contributed by atoms with Crippen LogP contribution in [0.2, 0.25) is 0 Å². The number of benzene rings is 1. The second kappa shape index (κ2) is 7.65. The van der Waals surface area contributed by atoms with E-state index in [0.717, 1.165) is 28.9 Å². The van der Waals surface area contributed by atoms with Gasteiger partial charge in [0.25, 0.3) is 0 Å². The summed E-state index contributed by atoms with van der Waals surface area (Å²) in [6, 6.07) is 6.00. The van der Waals surface area contributed by atoms with E-state index in [1.807, 2.05) is 18.2 Å². The van der Waals surface area contributed by atoms with Gasteiger partial charge >= 0.3 is 0 Å². The van der Waals surface area contributed by atoms with Crippen molar-refractivity contribution in [2.24, 2.45) is 0 Å². The van der Waals surface area contributed by atoms with Gasteiger partial charge in [-0.2, -0.15) is 0 Å². The third-order valence-corrected chi connectivity index (χ3v) is 2.79. The highest BCUT2D eigenvalue weighted by atomic mass is 79.9. The summed E-state index contributed by atoms with van der Waals surface area (Å²) in [5.41, 5.74) is 1.13. The third kappa shape index (κ3) is 4.12. The molecule has 0 saturated heterocycles. The van der Waals surface area contributed by atoms with Crippen LogP contribution in [-0.2, 0) is 6.54 Å². The van der Waals surface area contributed by atoms with Gasteiger partial charge in [-0.25, -0.2) is 0 Å². The van der Waals surface area contributed by atoms with Crippen molar-refractivity contribution in [2.75, 3.05) is 19.8 Å². The van der Waals surface area contributed by atoms with Crippen molar-refractivity contribution < 1.29 is 9.84 Å². The average Bonchev–Trinajstić information content (AvgIpc) is 2.29. The zero-order chi connectivity index (χ0) is 11.8. The molecule has 0 aromatic heterocycles. The van der Waals surface area contributed by atoms with E-state index >= 15 is 0 Å². The maximum Gasteiger partial charge on any atom is 0.137 e. The van der Waals surface area contributed by atoms with E-state index < -0.39 is 0 Å². The van der Waals surface area contributed by atoms with Gasteiger partial charge in [-0.3, -0.25) is 0 Å². The topological polar surface area (TPSA) is 41.5 Å². The standard InChI is InChI=1S/C12H18BrNO2/c1-2-14-9-10-5-3-6-11(13)12(10)16-8-4-7-15/h3,5-6,14-15H,2,4,7-9H2,1H3. The van der Waals surface area contributed by atoms with Gasteiger partial charge < -0.3 is 15.2 Å². The molecule has 0 aliphatic rings. The van der Waals surface area contributed by atoms with Crippen LogP contribution in [0.1, 0.15) is 18.9 Å². The Hall–Kier alpha value is -0.580. The van der Waals surface area contributed by atoms with Crippen molar-refractivity contribution >= 4 is 15.9 Å². The molecule has 1 rings (SSSR count). The van der Waals surface area contributed by atoms with Crippen LogP contribution in [0.15, 0.2) is 22.7 Å². The molecule has 2 N–H and O–H groups in total. The summed E-state index contributed by atoms with van der Waals surface area (Å²) in [5.74, 6) is 0.872. The van der Waals surface area contributed by atoms with Crippen LogP contribution in [0.25, 0.3) is 0 Å². The normalized spacial score (nSPS) is 10.4. The van der Waals surface area contributed by atoms with Crippen molar-refractivity contribution in [1.29, 1.82) is 0 Å². The molecule has 1 aromatic rings. The van der Waals surface area contributed by atoms with Crippen molar-refractivity contribution in [3.63, 3.8) is 0 Å². The lowest BCUT2D eigenvalue weighted by Crippen LogP contribution is -2.13. The number of aliphatic hydroxyl groups is 1. The largest absolute Gasteiger partial charge is 0.492 e. The molecule has 0 amide bonds. The number of aliphatic hydroxyl groups excluding tert-OH is 1. The highest BCUT2D eigenvalue weighted by Crippen LogP contribution is 2.29. The average molecular weight is 288 g/mol. The second-order valence-corrected chi connectivity index (χ2v) is 4.29. The number of nitrogens with one attached hydrogen (secondary N) is 1. The maximum absolute atomic E-state index is 8.72. The molecule has 0 aliphatic carbocycles. The van der Waals surface area contributed by atoms with Gasteiger partial charge in [-0.1, -0.05) is 19.1 Å². The summed E-state index contributed by atoms with van der Waals surface area (Å²) in [5, 5.41) is 12.0. The molecule has 90 valence electrons. The van der Waals surface area contributed by atoms with E-state index in [1.165, 1.54) is 0 Å². The lowest BCUT2D eigenvalue weighted by atomic mass is 10.2. The van der Waals surface area contributed by atoms with E-state index in [0.29, 0.717) is 13.0 Å². The molecule has 0 atom stereocenters. The highest BCUT2D eigenvalue weighted by molar-refractivity contribution is 9.10. The van der Waals surface area contributed by atoms with Crippen LogP contribution in [0.4, 0.5) is 0 Å². The summed E-state index contributed by atoms with van der Waals surface area (Å²) in [6.45, 7) is 4.50. The number of para-hydroxylation sites is 1. The minimum absolute atomic E-state index is 0.160. The SMILES string of the molecule is CCNCc1cccc(Br)c1OCCCO. The van der Waals surface area contributed by atoms with E-state index in [-0.39, 0.29) is 6.61 Å². The quantitative estimate of drug-likeness (QED) is 0.757. The van der Waals surface area contributed by atoms with E-state index in [4.69, 9.17) is 9.84 Å². The fourth-order valence-electron chi connectivity index (χ4n) is 1.35. The van der Waals surface area contributed by atoms with E-state index in [1.54, 1.807) is 0 Å². The maximum atomic E-state index is 8.72. The third-order valence-electron chi connectivity index (χ3n) is 2.16. The van der Waals surface area contributed by atoms with Crippen molar-refractivity contribution in [2.45, 2.75) is 19.9 Å². The fraction of sp³-hybridized carbons (Fsp3) is 0.500. The lowest BCUT2D eigenvalue weighted by molar-refractivity contribution is 0.231. The summed E-state index contributed by atoms with van der Waals surface area (Å²) in [6.07, 6.45) is 0.655.